The number of benzene rings is 1. The SMILES string of the molecule is C/C(Cl)=C\C=C(/C)c1ncc(OCCCNC(=O)C2CCC2)nc1-c1ccc(Cl)cc1.CC. The first-order valence-corrected chi connectivity index (χ1v) is 12.2. The van der Waals surface area contributed by atoms with Gasteiger partial charge in [-0.05, 0) is 56.9 Å². The van der Waals surface area contributed by atoms with Crippen molar-refractivity contribution in [3.8, 4) is 17.1 Å². The number of rotatable bonds is 9. The zero-order valence-electron chi connectivity index (χ0n) is 19.8. The fourth-order valence-electron chi connectivity index (χ4n) is 3.13. The van der Waals surface area contributed by atoms with Crippen LogP contribution in [0.15, 0.2) is 47.6 Å². The summed E-state index contributed by atoms with van der Waals surface area (Å²) in [5, 5.41) is 4.31. The molecule has 1 heterocycles. The molecule has 1 aliphatic carbocycles. The van der Waals surface area contributed by atoms with Crippen LogP contribution in [0.1, 0.15) is 59.1 Å². The van der Waals surface area contributed by atoms with Crippen molar-refractivity contribution in [3.05, 3.63) is 58.4 Å². The van der Waals surface area contributed by atoms with E-state index in [1.165, 1.54) is 0 Å². The normalized spacial score (nSPS) is 14.1. The maximum atomic E-state index is 11.9. The van der Waals surface area contributed by atoms with Gasteiger partial charge in [-0.1, -0.05) is 61.7 Å². The second kappa shape index (κ2) is 14.0. The molecule has 0 unspecified atom stereocenters. The lowest BCUT2D eigenvalue weighted by Gasteiger charge is -2.23. The number of hydrogen-bond acceptors (Lipinski definition) is 4. The van der Waals surface area contributed by atoms with Gasteiger partial charge in [0.2, 0.25) is 11.8 Å². The van der Waals surface area contributed by atoms with Crippen LogP contribution < -0.4 is 10.1 Å². The maximum absolute atomic E-state index is 11.9. The largest absolute Gasteiger partial charge is 0.476 e. The summed E-state index contributed by atoms with van der Waals surface area (Å²) in [5.74, 6) is 0.801. The molecule has 178 valence electrons. The minimum absolute atomic E-state index is 0.156. The molecular formula is C26H33Cl2N3O2. The van der Waals surface area contributed by atoms with E-state index in [1.54, 1.807) is 6.20 Å². The average Bonchev–Trinajstić information content (AvgIpc) is 2.78. The highest BCUT2D eigenvalue weighted by Crippen LogP contribution is 2.29. The highest BCUT2D eigenvalue weighted by molar-refractivity contribution is 6.30. The third kappa shape index (κ3) is 8.49. The van der Waals surface area contributed by atoms with E-state index in [0.29, 0.717) is 41.2 Å². The van der Waals surface area contributed by atoms with Crippen LogP contribution in [0, 0.1) is 5.92 Å². The summed E-state index contributed by atoms with van der Waals surface area (Å²) in [5.41, 5.74) is 3.28. The van der Waals surface area contributed by atoms with Crippen LogP contribution in [-0.2, 0) is 4.79 Å². The summed E-state index contributed by atoms with van der Waals surface area (Å²) in [7, 11) is 0. The number of hydrogen-bond donors (Lipinski definition) is 1. The van der Waals surface area contributed by atoms with Gasteiger partial charge < -0.3 is 10.1 Å². The van der Waals surface area contributed by atoms with Gasteiger partial charge in [-0.25, -0.2) is 9.97 Å². The molecule has 1 amide bonds. The standard InChI is InChI=1S/C24H27Cl2N3O2.C2H6/c1-16(7-8-17(2)25)22-23(18-9-11-20(26)12-10-18)29-21(15-28-22)31-14-4-13-27-24(30)19-5-3-6-19;1-2/h7-12,15,19H,3-6,13-14H2,1-2H3,(H,27,30);1-2H3/b16-7+,17-8+;. The lowest BCUT2D eigenvalue weighted by molar-refractivity contribution is -0.127. The molecule has 1 fully saturated rings. The molecule has 0 aliphatic heterocycles. The number of allylic oxidation sites excluding steroid dienone is 4. The van der Waals surface area contributed by atoms with Crippen LogP contribution in [0.2, 0.25) is 5.02 Å². The molecule has 7 heteroatoms. The van der Waals surface area contributed by atoms with Gasteiger partial charge in [0, 0.05) is 28.1 Å². The van der Waals surface area contributed by atoms with Gasteiger partial charge in [0.05, 0.1) is 18.5 Å². The highest BCUT2D eigenvalue weighted by atomic mass is 35.5. The second-order valence-corrected chi connectivity index (χ2v) is 8.67. The molecule has 0 saturated heterocycles. The molecule has 2 aromatic rings. The van der Waals surface area contributed by atoms with E-state index in [1.807, 2.05) is 64.1 Å². The average molecular weight is 490 g/mol. The molecule has 33 heavy (non-hydrogen) atoms. The summed E-state index contributed by atoms with van der Waals surface area (Å²) in [6.45, 7) is 8.83. The number of carbonyl (C=O) groups is 1. The van der Waals surface area contributed by atoms with Gasteiger partial charge in [0.15, 0.2) is 0 Å². The van der Waals surface area contributed by atoms with Crippen LogP contribution in [-0.4, -0.2) is 29.0 Å². The zero-order valence-corrected chi connectivity index (χ0v) is 21.3. The Morgan fingerprint density at radius 3 is 2.48 bits per heavy atom. The van der Waals surface area contributed by atoms with Gasteiger partial charge >= 0.3 is 0 Å². The number of carbonyl (C=O) groups excluding carboxylic acids is 1. The van der Waals surface area contributed by atoms with E-state index in [4.69, 9.17) is 32.9 Å². The molecule has 5 nitrogen and oxygen atoms in total. The Morgan fingerprint density at radius 1 is 1.18 bits per heavy atom. The zero-order chi connectivity index (χ0) is 24.2. The van der Waals surface area contributed by atoms with E-state index in [-0.39, 0.29) is 11.8 Å². The van der Waals surface area contributed by atoms with Crippen LogP contribution in [0.3, 0.4) is 0 Å². The van der Waals surface area contributed by atoms with Crippen LogP contribution in [0.4, 0.5) is 0 Å². The van der Waals surface area contributed by atoms with Gasteiger partial charge in [-0.15, -0.1) is 0 Å². The van der Waals surface area contributed by atoms with E-state index in [9.17, 15) is 4.79 Å². The molecule has 3 rings (SSSR count). The van der Waals surface area contributed by atoms with Crippen molar-refractivity contribution in [1.29, 1.82) is 0 Å². The molecule has 0 bridgehead atoms. The van der Waals surface area contributed by atoms with Crippen molar-refractivity contribution < 1.29 is 9.53 Å². The van der Waals surface area contributed by atoms with Crippen LogP contribution in [0.5, 0.6) is 5.88 Å². The molecular weight excluding hydrogens is 457 g/mol. The third-order valence-electron chi connectivity index (χ3n) is 5.15. The topological polar surface area (TPSA) is 64.1 Å². The van der Waals surface area contributed by atoms with Gasteiger partial charge in [-0.3, -0.25) is 4.79 Å². The molecule has 1 aliphatic rings. The number of nitrogens with one attached hydrogen (secondary N) is 1. The van der Waals surface area contributed by atoms with E-state index >= 15 is 0 Å². The van der Waals surface area contributed by atoms with E-state index < -0.39 is 0 Å². The summed E-state index contributed by atoms with van der Waals surface area (Å²) in [4.78, 5) is 21.2. The van der Waals surface area contributed by atoms with Crippen molar-refractivity contribution in [2.75, 3.05) is 13.2 Å². The molecule has 0 atom stereocenters. The Morgan fingerprint density at radius 2 is 1.88 bits per heavy atom. The Kier molecular flexibility index (Phi) is 11.4. The quantitative estimate of drug-likeness (QED) is 0.302. The Hall–Kier alpha value is -2.37. The number of halogens is 2. The Bertz CT molecular complexity index is 964. The summed E-state index contributed by atoms with van der Waals surface area (Å²) < 4.78 is 5.80. The molecule has 1 N–H and O–H groups in total. The lowest BCUT2D eigenvalue weighted by atomic mass is 9.85. The molecule has 1 aromatic heterocycles. The van der Waals surface area contributed by atoms with Crippen LogP contribution in [0.25, 0.3) is 16.8 Å². The Balaban J connectivity index is 0.00000187. The van der Waals surface area contributed by atoms with E-state index in [0.717, 1.165) is 36.1 Å². The van der Waals surface area contributed by atoms with Crippen molar-refractivity contribution in [1.82, 2.24) is 15.3 Å². The third-order valence-corrected chi connectivity index (χ3v) is 5.53. The van der Waals surface area contributed by atoms with Crippen molar-refractivity contribution in [3.63, 3.8) is 0 Å². The summed E-state index contributed by atoms with van der Waals surface area (Å²) >= 11 is 12.0. The predicted molar refractivity (Wildman–Crippen MR) is 138 cm³/mol. The first kappa shape index (κ1) is 26.9. The molecule has 1 aromatic carbocycles. The molecule has 1 saturated carbocycles. The van der Waals surface area contributed by atoms with Gasteiger partial charge in [-0.2, -0.15) is 0 Å². The lowest BCUT2D eigenvalue weighted by Crippen LogP contribution is -2.35. The van der Waals surface area contributed by atoms with Crippen molar-refractivity contribution in [2.45, 2.75) is 53.4 Å². The van der Waals surface area contributed by atoms with Gasteiger partial charge in [0.25, 0.3) is 0 Å². The van der Waals surface area contributed by atoms with Crippen molar-refractivity contribution >= 4 is 34.7 Å². The summed E-state index contributed by atoms with van der Waals surface area (Å²) in [6, 6.07) is 7.46. The number of aromatic nitrogens is 2. The minimum Gasteiger partial charge on any atom is -0.476 e. The smallest absolute Gasteiger partial charge is 0.232 e. The molecule has 0 radical (unpaired) electrons. The van der Waals surface area contributed by atoms with Gasteiger partial charge in [0.1, 0.15) is 5.69 Å². The maximum Gasteiger partial charge on any atom is 0.232 e. The highest BCUT2D eigenvalue weighted by Gasteiger charge is 2.24. The minimum atomic E-state index is 0.156. The summed E-state index contributed by atoms with van der Waals surface area (Å²) in [6.07, 6.45) is 9.23. The number of ether oxygens (including phenoxy) is 1. The first-order valence-electron chi connectivity index (χ1n) is 11.5. The number of amides is 1. The second-order valence-electron chi connectivity index (χ2n) is 7.64. The number of nitrogens with zero attached hydrogens (tertiary/aromatic N) is 2. The molecule has 0 spiro atoms. The predicted octanol–water partition coefficient (Wildman–Crippen LogP) is 7.05. The van der Waals surface area contributed by atoms with Crippen LogP contribution >= 0.6 is 23.2 Å². The van der Waals surface area contributed by atoms with Crippen molar-refractivity contribution in [2.24, 2.45) is 5.92 Å². The first-order chi connectivity index (χ1) is 15.9. The monoisotopic (exact) mass is 489 g/mol. The fraction of sp³-hybridized carbons (Fsp3) is 0.423. The Labute approximate surface area is 207 Å². The van der Waals surface area contributed by atoms with E-state index in [2.05, 4.69) is 10.3 Å². The fourth-order valence-corrected chi connectivity index (χ4v) is 3.32.